The fourth-order valence-electron chi connectivity index (χ4n) is 3.21. The Balaban J connectivity index is 1.71. The molecule has 0 saturated heterocycles. The summed E-state index contributed by atoms with van der Waals surface area (Å²) < 4.78 is 4.71. The molecule has 5 nitrogen and oxygen atoms in total. The number of benzene rings is 3. The third-order valence-corrected chi connectivity index (χ3v) is 4.78. The smallest absolute Gasteiger partial charge is 0.413 e. The molecule has 3 aromatic carbocycles. The first kappa shape index (κ1) is 20.1. The lowest BCUT2D eigenvalue weighted by Crippen LogP contribution is -2.25. The highest BCUT2D eigenvalue weighted by molar-refractivity contribution is 5.92. The quantitative estimate of drug-likeness (QED) is 0.643. The molecule has 0 aliphatic rings. The summed E-state index contributed by atoms with van der Waals surface area (Å²) in [5, 5.41) is 2.95. The van der Waals surface area contributed by atoms with Crippen LogP contribution >= 0.6 is 0 Å². The number of rotatable bonds is 6. The van der Waals surface area contributed by atoms with Crippen molar-refractivity contribution in [3.8, 4) is 0 Å². The summed E-state index contributed by atoms with van der Waals surface area (Å²) in [4.78, 5) is 25.7. The van der Waals surface area contributed by atoms with Crippen molar-refractivity contribution < 1.29 is 14.3 Å². The number of ether oxygens (including phenoxy) is 1. The molecule has 0 saturated carbocycles. The van der Waals surface area contributed by atoms with Crippen LogP contribution < -0.4 is 10.2 Å². The van der Waals surface area contributed by atoms with Crippen molar-refractivity contribution in [2.75, 3.05) is 24.4 Å². The number of amides is 2. The molecule has 148 valence electrons. The van der Waals surface area contributed by atoms with Crippen LogP contribution in [0.1, 0.15) is 23.5 Å². The standard InChI is InChI=1S/C24H24N2O3/c1-26(24(28)29-2)21-15-13-20(14-16-21)25-23(27)17-22(18-9-5-3-6-10-18)19-11-7-4-8-12-19/h3-16,22H,17H2,1-2H3,(H,25,27). The van der Waals surface area contributed by atoms with Crippen LogP contribution in [0, 0.1) is 0 Å². The number of anilines is 2. The van der Waals surface area contributed by atoms with E-state index in [0.717, 1.165) is 11.1 Å². The molecular weight excluding hydrogens is 364 g/mol. The predicted octanol–water partition coefficient (Wildman–Crippen LogP) is 5.05. The summed E-state index contributed by atoms with van der Waals surface area (Å²) in [5.74, 6) is -0.0982. The van der Waals surface area contributed by atoms with Crippen LogP contribution in [0.15, 0.2) is 84.9 Å². The normalized spacial score (nSPS) is 10.4. The largest absolute Gasteiger partial charge is 0.452 e. The number of nitrogens with one attached hydrogen (secondary N) is 1. The number of nitrogens with zero attached hydrogens (tertiary/aromatic N) is 1. The lowest BCUT2D eigenvalue weighted by Gasteiger charge is -2.18. The maximum atomic E-state index is 12.7. The summed E-state index contributed by atoms with van der Waals surface area (Å²) in [6.45, 7) is 0. The minimum absolute atomic E-state index is 0.0258. The van der Waals surface area contributed by atoms with Gasteiger partial charge in [-0.15, -0.1) is 0 Å². The molecule has 3 aromatic rings. The monoisotopic (exact) mass is 388 g/mol. The molecular formula is C24H24N2O3. The molecule has 0 radical (unpaired) electrons. The molecule has 0 spiro atoms. The summed E-state index contributed by atoms with van der Waals surface area (Å²) >= 11 is 0. The number of carbonyl (C=O) groups is 2. The molecule has 1 N–H and O–H groups in total. The van der Waals surface area contributed by atoms with E-state index in [1.807, 2.05) is 60.7 Å². The van der Waals surface area contributed by atoms with Crippen molar-refractivity contribution in [3.63, 3.8) is 0 Å². The third kappa shape index (κ3) is 5.23. The van der Waals surface area contributed by atoms with E-state index in [9.17, 15) is 9.59 Å². The third-order valence-electron chi connectivity index (χ3n) is 4.78. The summed E-state index contributed by atoms with van der Waals surface area (Å²) in [6.07, 6.45) is -0.118. The Morgan fingerprint density at radius 1 is 0.862 bits per heavy atom. The van der Waals surface area contributed by atoms with Gasteiger partial charge in [-0.3, -0.25) is 9.69 Å². The van der Waals surface area contributed by atoms with Gasteiger partial charge < -0.3 is 10.1 Å². The fraction of sp³-hybridized carbons (Fsp3) is 0.167. The highest BCUT2D eigenvalue weighted by atomic mass is 16.5. The van der Waals surface area contributed by atoms with E-state index in [1.54, 1.807) is 31.3 Å². The van der Waals surface area contributed by atoms with E-state index < -0.39 is 6.09 Å². The zero-order valence-corrected chi connectivity index (χ0v) is 16.5. The van der Waals surface area contributed by atoms with E-state index in [2.05, 4.69) is 5.32 Å². The maximum absolute atomic E-state index is 12.7. The van der Waals surface area contributed by atoms with E-state index in [0.29, 0.717) is 17.8 Å². The predicted molar refractivity (Wildman–Crippen MR) is 115 cm³/mol. The molecule has 5 heteroatoms. The first-order valence-electron chi connectivity index (χ1n) is 9.40. The average Bonchev–Trinajstić information content (AvgIpc) is 2.78. The minimum atomic E-state index is -0.449. The molecule has 3 rings (SSSR count). The van der Waals surface area contributed by atoms with Gasteiger partial charge in [0.05, 0.1) is 7.11 Å². The van der Waals surface area contributed by atoms with Gasteiger partial charge in [0, 0.05) is 30.8 Å². The van der Waals surface area contributed by atoms with Crippen molar-refractivity contribution in [1.29, 1.82) is 0 Å². The zero-order valence-electron chi connectivity index (χ0n) is 16.5. The van der Waals surface area contributed by atoms with Crippen LogP contribution in [0.25, 0.3) is 0 Å². The average molecular weight is 388 g/mol. The van der Waals surface area contributed by atoms with Crippen LogP contribution in [-0.4, -0.2) is 26.2 Å². The second-order valence-corrected chi connectivity index (χ2v) is 6.70. The highest BCUT2D eigenvalue weighted by Gasteiger charge is 2.18. The van der Waals surface area contributed by atoms with Gasteiger partial charge in [0.2, 0.25) is 5.91 Å². The van der Waals surface area contributed by atoms with Crippen molar-refractivity contribution in [2.45, 2.75) is 12.3 Å². The maximum Gasteiger partial charge on any atom is 0.413 e. The van der Waals surface area contributed by atoms with Gasteiger partial charge in [0.15, 0.2) is 0 Å². The Labute approximate surface area is 170 Å². The van der Waals surface area contributed by atoms with Crippen molar-refractivity contribution in [3.05, 3.63) is 96.1 Å². The summed E-state index contributed by atoms with van der Waals surface area (Å²) in [7, 11) is 2.97. The Hall–Kier alpha value is -3.60. The molecule has 0 fully saturated rings. The summed E-state index contributed by atoms with van der Waals surface area (Å²) in [6, 6.07) is 27.1. The van der Waals surface area contributed by atoms with Gasteiger partial charge in [0.25, 0.3) is 0 Å². The lowest BCUT2D eigenvalue weighted by atomic mass is 9.88. The van der Waals surface area contributed by atoms with Gasteiger partial charge in [-0.25, -0.2) is 4.79 Å². The Kier molecular flexibility index (Phi) is 6.63. The van der Waals surface area contributed by atoms with Crippen LogP contribution in [0.5, 0.6) is 0 Å². The molecule has 0 aliphatic heterocycles. The highest BCUT2D eigenvalue weighted by Crippen LogP contribution is 2.28. The topological polar surface area (TPSA) is 58.6 Å². The molecule has 0 heterocycles. The van der Waals surface area contributed by atoms with Crippen LogP contribution in [0.2, 0.25) is 0 Å². The van der Waals surface area contributed by atoms with Crippen LogP contribution in [-0.2, 0) is 9.53 Å². The Morgan fingerprint density at radius 2 is 1.38 bits per heavy atom. The van der Waals surface area contributed by atoms with E-state index >= 15 is 0 Å². The first-order chi connectivity index (χ1) is 14.1. The molecule has 0 unspecified atom stereocenters. The molecule has 29 heavy (non-hydrogen) atoms. The number of hydrogen-bond acceptors (Lipinski definition) is 3. The Morgan fingerprint density at radius 3 is 1.86 bits per heavy atom. The second-order valence-electron chi connectivity index (χ2n) is 6.70. The van der Waals surface area contributed by atoms with Gasteiger partial charge >= 0.3 is 6.09 Å². The van der Waals surface area contributed by atoms with Crippen molar-refractivity contribution in [2.24, 2.45) is 0 Å². The fourth-order valence-corrected chi connectivity index (χ4v) is 3.21. The Bertz CT molecular complexity index is 901. The van der Waals surface area contributed by atoms with E-state index in [4.69, 9.17) is 4.74 Å². The van der Waals surface area contributed by atoms with Crippen molar-refractivity contribution >= 4 is 23.4 Å². The number of hydrogen-bond donors (Lipinski definition) is 1. The lowest BCUT2D eigenvalue weighted by molar-refractivity contribution is -0.116. The number of carbonyl (C=O) groups excluding carboxylic acids is 2. The van der Waals surface area contributed by atoms with Crippen LogP contribution in [0.4, 0.5) is 16.2 Å². The van der Waals surface area contributed by atoms with E-state index in [-0.39, 0.29) is 11.8 Å². The molecule has 0 aliphatic carbocycles. The van der Waals surface area contributed by atoms with Gasteiger partial charge in [-0.2, -0.15) is 0 Å². The second kappa shape index (κ2) is 9.55. The van der Waals surface area contributed by atoms with E-state index in [1.165, 1.54) is 12.0 Å². The van der Waals surface area contributed by atoms with Crippen molar-refractivity contribution in [1.82, 2.24) is 0 Å². The minimum Gasteiger partial charge on any atom is -0.452 e. The van der Waals surface area contributed by atoms with Gasteiger partial charge in [-0.05, 0) is 35.4 Å². The molecule has 0 bridgehead atoms. The molecule has 2 amide bonds. The van der Waals surface area contributed by atoms with Gasteiger partial charge in [-0.1, -0.05) is 60.7 Å². The van der Waals surface area contributed by atoms with Gasteiger partial charge in [0.1, 0.15) is 0 Å². The zero-order chi connectivity index (χ0) is 20.6. The first-order valence-corrected chi connectivity index (χ1v) is 9.40. The summed E-state index contributed by atoms with van der Waals surface area (Å²) in [5.41, 5.74) is 3.56. The van der Waals surface area contributed by atoms with Crippen LogP contribution in [0.3, 0.4) is 0 Å². The number of methoxy groups -OCH3 is 1. The molecule has 0 atom stereocenters. The SMILES string of the molecule is COC(=O)N(C)c1ccc(NC(=O)CC(c2ccccc2)c2ccccc2)cc1. The molecule has 0 aromatic heterocycles.